The molecular formula is C16H24N2O. The third kappa shape index (κ3) is 5.65. The minimum Gasteiger partial charge on any atom is -0.491 e. The largest absolute Gasteiger partial charge is 0.491 e. The van der Waals surface area contributed by atoms with E-state index in [1.165, 1.54) is 0 Å². The number of para-hydroxylation sites is 2. The highest BCUT2D eigenvalue weighted by Crippen LogP contribution is 2.27. The lowest BCUT2D eigenvalue weighted by atomic mass is 9.88. The number of nitrogens with zero attached hydrogens (tertiary/aromatic N) is 1. The number of hydrogen-bond acceptors (Lipinski definition) is 3. The maximum atomic E-state index is 8.67. The number of ether oxygens (including phenoxy) is 1. The first-order valence-electron chi connectivity index (χ1n) is 6.92. The molecule has 19 heavy (non-hydrogen) atoms. The second-order valence-electron chi connectivity index (χ2n) is 5.52. The lowest BCUT2D eigenvalue weighted by molar-refractivity contribution is 0.317. The molecule has 0 saturated carbocycles. The number of nitrogens with one attached hydrogen (secondary N) is 1. The van der Waals surface area contributed by atoms with Gasteiger partial charge in [0, 0.05) is 13.0 Å². The minimum atomic E-state index is 0.105. The van der Waals surface area contributed by atoms with Crippen molar-refractivity contribution in [3.05, 3.63) is 24.3 Å². The molecule has 1 aromatic rings. The Hall–Kier alpha value is -1.69. The van der Waals surface area contributed by atoms with Crippen molar-refractivity contribution in [1.29, 1.82) is 5.26 Å². The van der Waals surface area contributed by atoms with Gasteiger partial charge >= 0.3 is 0 Å². The number of nitriles is 1. The lowest BCUT2D eigenvalue weighted by Gasteiger charge is -2.25. The highest BCUT2D eigenvalue weighted by molar-refractivity contribution is 5.56. The van der Waals surface area contributed by atoms with Crippen LogP contribution < -0.4 is 10.1 Å². The van der Waals surface area contributed by atoms with Gasteiger partial charge in [-0.1, -0.05) is 32.9 Å². The van der Waals surface area contributed by atoms with Crippen LogP contribution in [0.3, 0.4) is 0 Å². The monoisotopic (exact) mass is 260 g/mol. The number of hydrogen-bond donors (Lipinski definition) is 1. The second kappa shape index (κ2) is 7.68. The van der Waals surface area contributed by atoms with Gasteiger partial charge in [0.2, 0.25) is 0 Å². The summed E-state index contributed by atoms with van der Waals surface area (Å²) in [5.41, 5.74) is 1.13. The molecule has 0 spiro atoms. The van der Waals surface area contributed by atoms with E-state index >= 15 is 0 Å². The van der Waals surface area contributed by atoms with Crippen molar-refractivity contribution in [2.24, 2.45) is 5.41 Å². The molecule has 0 heterocycles. The first-order chi connectivity index (χ1) is 9.09. The molecule has 0 radical (unpaired) electrons. The third-order valence-electron chi connectivity index (χ3n) is 3.02. The summed E-state index contributed by atoms with van der Waals surface area (Å²) >= 11 is 0. The van der Waals surface area contributed by atoms with Crippen LogP contribution >= 0.6 is 0 Å². The Balaban J connectivity index is 2.59. The van der Waals surface area contributed by atoms with Crippen molar-refractivity contribution in [3.63, 3.8) is 0 Å². The van der Waals surface area contributed by atoms with E-state index in [0.29, 0.717) is 6.42 Å². The first kappa shape index (κ1) is 15.4. The van der Waals surface area contributed by atoms with Crippen LogP contribution in [0.15, 0.2) is 24.3 Å². The van der Waals surface area contributed by atoms with E-state index < -0.39 is 0 Å². The molecule has 0 atom stereocenters. The molecule has 1 rings (SSSR count). The Labute approximate surface area is 116 Å². The fourth-order valence-electron chi connectivity index (χ4n) is 1.77. The Bertz CT molecular complexity index is 421. The van der Waals surface area contributed by atoms with Crippen molar-refractivity contribution in [1.82, 2.24) is 0 Å². The normalized spacial score (nSPS) is 10.8. The molecule has 0 aliphatic rings. The van der Waals surface area contributed by atoms with Gasteiger partial charge in [-0.3, -0.25) is 0 Å². The number of benzene rings is 1. The van der Waals surface area contributed by atoms with E-state index in [2.05, 4.69) is 32.2 Å². The molecule has 3 nitrogen and oxygen atoms in total. The summed E-state index contributed by atoms with van der Waals surface area (Å²) in [6, 6.07) is 10.2. The Morgan fingerprint density at radius 2 is 2.05 bits per heavy atom. The molecule has 0 aliphatic heterocycles. The van der Waals surface area contributed by atoms with Crippen LogP contribution in [0.5, 0.6) is 5.75 Å². The van der Waals surface area contributed by atoms with Crippen molar-refractivity contribution < 1.29 is 4.74 Å². The van der Waals surface area contributed by atoms with Gasteiger partial charge in [-0.05, 0) is 30.4 Å². The molecule has 0 saturated heterocycles. The molecule has 1 aromatic carbocycles. The van der Waals surface area contributed by atoms with Gasteiger partial charge in [-0.15, -0.1) is 0 Å². The predicted molar refractivity (Wildman–Crippen MR) is 79.3 cm³/mol. The van der Waals surface area contributed by atoms with E-state index in [1.54, 1.807) is 0 Å². The van der Waals surface area contributed by atoms with Gasteiger partial charge in [0.1, 0.15) is 5.75 Å². The quantitative estimate of drug-likeness (QED) is 0.761. The zero-order chi connectivity index (χ0) is 14.1. The molecule has 0 aliphatic carbocycles. The van der Waals surface area contributed by atoms with Gasteiger partial charge < -0.3 is 10.1 Å². The van der Waals surface area contributed by atoms with Crippen LogP contribution in [0, 0.1) is 16.7 Å². The van der Waals surface area contributed by atoms with E-state index in [0.717, 1.165) is 37.4 Å². The fraction of sp³-hybridized carbons (Fsp3) is 0.562. The summed E-state index contributed by atoms with van der Waals surface area (Å²) in [6.45, 7) is 8.01. The van der Waals surface area contributed by atoms with E-state index in [9.17, 15) is 0 Å². The van der Waals surface area contributed by atoms with Gasteiger partial charge in [0.15, 0.2) is 0 Å². The molecule has 3 heteroatoms. The van der Waals surface area contributed by atoms with Crippen molar-refractivity contribution in [2.45, 2.75) is 40.0 Å². The molecule has 0 unspecified atom stereocenters. The number of rotatable bonds is 8. The van der Waals surface area contributed by atoms with Crippen LogP contribution in [-0.4, -0.2) is 13.2 Å². The van der Waals surface area contributed by atoms with Gasteiger partial charge in [0.05, 0.1) is 18.4 Å². The highest BCUT2D eigenvalue weighted by Gasteiger charge is 2.17. The predicted octanol–water partition coefficient (Wildman–Crippen LogP) is 4.22. The zero-order valence-electron chi connectivity index (χ0n) is 12.2. The molecule has 1 N–H and O–H groups in total. The topological polar surface area (TPSA) is 45.0 Å². The van der Waals surface area contributed by atoms with Crippen LogP contribution in [0.25, 0.3) is 0 Å². The summed E-state index contributed by atoms with van der Waals surface area (Å²) in [7, 11) is 0. The highest BCUT2D eigenvalue weighted by atomic mass is 16.5. The summed E-state index contributed by atoms with van der Waals surface area (Å²) < 4.78 is 5.72. The fourth-order valence-corrected chi connectivity index (χ4v) is 1.77. The molecule has 104 valence electrons. The average Bonchev–Trinajstić information content (AvgIpc) is 2.41. The minimum absolute atomic E-state index is 0.105. The summed E-state index contributed by atoms with van der Waals surface area (Å²) in [4.78, 5) is 0. The standard InChI is InChI=1S/C16H24N2O/c1-4-12-19-15-9-6-5-8-14(15)18-13-16(2,3)10-7-11-17/h5-6,8-9,18H,4,7,10,12-13H2,1-3H3. The van der Waals surface area contributed by atoms with Gasteiger partial charge in [-0.2, -0.15) is 5.26 Å². The van der Waals surface area contributed by atoms with Crippen molar-refractivity contribution in [3.8, 4) is 11.8 Å². The maximum absolute atomic E-state index is 8.67. The number of anilines is 1. The third-order valence-corrected chi connectivity index (χ3v) is 3.02. The maximum Gasteiger partial charge on any atom is 0.142 e. The zero-order valence-corrected chi connectivity index (χ0v) is 12.2. The first-order valence-corrected chi connectivity index (χ1v) is 6.92. The Morgan fingerprint density at radius 3 is 2.74 bits per heavy atom. The molecule has 0 amide bonds. The average molecular weight is 260 g/mol. The second-order valence-corrected chi connectivity index (χ2v) is 5.52. The lowest BCUT2D eigenvalue weighted by Crippen LogP contribution is -2.23. The van der Waals surface area contributed by atoms with Crippen LogP contribution in [-0.2, 0) is 0 Å². The van der Waals surface area contributed by atoms with Crippen molar-refractivity contribution in [2.75, 3.05) is 18.5 Å². The van der Waals surface area contributed by atoms with E-state index in [1.807, 2.05) is 24.3 Å². The van der Waals surface area contributed by atoms with E-state index in [-0.39, 0.29) is 5.41 Å². The van der Waals surface area contributed by atoms with Gasteiger partial charge in [-0.25, -0.2) is 0 Å². The van der Waals surface area contributed by atoms with Crippen LogP contribution in [0.1, 0.15) is 40.0 Å². The molecular weight excluding hydrogens is 236 g/mol. The summed E-state index contributed by atoms with van der Waals surface area (Å²) in [5.74, 6) is 0.903. The summed E-state index contributed by atoms with van der Waals surface area (Å²) in [5, 5.41) is 12.1. The Kier molecular flexibility index (Phi) is 6.21. The van der Waals surface area contributed by atoms with Gasteiger partial charge in [0.25, 0.3) is 0 Å². The summed E-state index contributed by atoms with van der Waals surface area (Å²) in [6.07, 6.45) is 2.50. The Morgan fingerprint density at radius 1 is 1.32 bits per heavy atom. The van der Waals surface area contributed by atoms with Crippen LogP contribution in [0.2, 0.25) is 0 Å². The van der Waals surface area contributed by atoms with Crippen molar-refractivity contribution >= 4 is 5.69 Å². The molecule has 0 bridgehead atoms. The smallest absolute Gasteiger partial charge is 0.142 e. The molecule has 0 aromatic heterocycles. The van der Waals surface area contributed by atoms with Crippen LogP contribution in [0.4, 0.5) is 5.69 Å². The van der Waals surface area contributed by atoms with E-state index in [4.69, 9.17) is 10.00 Å². The molecule has 0 fully saturated rings. The SMILES string of the molecule is CCCOc1ccccc1NCC(C)(C)CCC#N.